The molecule has 90 valence electrons. The Bertz CT molecular complexity index is 192. The lowest BCUT2D eigenvalue weighted by Crippen LogP contribution is -2.57. The van der Waals surface area contributed by atoms with Gasteiger partial charge in [-0.3, -0.25) is 0 Å². The first-order valence-corrected chi connectivity index (χ1v) is 6.65. The van der Waals surface area contributed by atoms with Gasteiger partial charge in [0.15, 0.2) is 0 Å². The molecule has 0 aromatic carbocycles. The maximum absolute atomic E-state index is 3.32. The van der Waals surface area contributed by atoms with Crippen LogP contribution in [0.4, 0.5) is 0 Å². The summed E-state index contributed by atoms with van der Waals surface area (Å²) in [4.78, 5) is 2.64. The van der Waals surface area contributed by atoms with Gasteiger partial charge in [0.05, 0.1) is 0 Å². The van der Waals surface area contributed by atoms with E-state index >= 15 is 0 Å². The Hall–Kier alpha value is -0.0800. The fraction of sp³-hybridized carbons (Fsp3) is 1.00. The molecule has 1 saturated heterocycles. The monoisotopic (exact) mass is 212 g/mol. The summed E-state index contributed by atoms with van der Waals surface area (Å²) in [6, 6.07) is 0. The van der Waals surface area contributed by atoms with Gasteiger partial charge in [0.25, 0.3) is 0 Å². The molecule has 2 aliphatic rings. The van der Waals surface area contributed by atoms with Crippen LogP contribution in [0.3, 0.4) is 0 Å². The SMILES string of the molecule is CCCN1CC2(CCC(CNC)CC2)C1.[HH]. The number of nitrogens with one attached hydrogen (secondary N) is 1. The van der Waals surface area contributed by atoms with Crippen LogP contribution >= 0.6 is 0 Å². The lowest BCUT2D eigenvalue weighted by Gasteiger charge is -2.53. The van der Waals surface area contributed by atoms with Crippen molar-refractivity contribution in [3.8, 4) is 0 Å². The molecule has 2 heteroatoms. The largest absolute Gasteiger partial charge is 0.319 e. The Balaban J connectivity index is 0.00000128. The van der Waals surface area contributed by atoms with Crippen LogP contribution in [0, 0.1) is 11.3 Å². The van der Waals surface area contributed by atoms with Gasteiger partial charge < -0.3 is 10.2 Å². The molecule has 0 atom stereocenters. The van der Waals surface area contributed by atoms with E-state index in [2.05, 4.69) is 24.2 Å². The zero-order chi connectivity index (χ0) is 10.7. The van der Waals surface area contributed by atoms with Crippen molar-refractivity contribution in [3.63, 3.8) is 0 Å². The summed E-state index contributed by atoms with van der Waals surface area (Å²) < 4.78 is 0. The summed E-state index contributed by atoms with van der Waals surface area (Å²) in [7, 11) is 2.08. The molecule has 2 rings (SSSR count). The molecule has 15 heavy (non-hydrogen) atoms. The molecule has 1 saturated carbocycles. The first-order chi connectivity index (χ1) is 7.28. The molecule has 1 N–H and O–H groups in total. The molecule has 1 heterocycles. The molecule has 0 aromatic rings. The lowest BCUT2D eigenvalue weighted by molar-refractivity contribution is -0.0372. The van der Waals surface area contributed by atoms with Crippen LogP contribution in [0.15, 0.2) is 0 Å². The van der Waals surface area contributed by atoms with Gasteiger partial charge in [-0.15, -0.1) is 0 Å². The van der Waals surface area contributed by atoms with Gasteiger partial charge >= 0.3 is 0 Å². The highest BCUT2D eigenvalue weighted by Gasteiger charge is 2.44. The van der Waals surface area contributed by atoms with Crippen molar-refractivity contribution in [2.75, 3.05) is 33.2 Å². The van der Waals surface area contributed by atoms with Crippen LogP contribution in [0.2, 0.25) is 0 Å². The second-order valence-electron chi connectivity index (χ2n) is 5.71. The predicted molar refractivity (Wildman–Crippen MR) is 67.2 cm³/mol. The number of hydrogen-bond donors (Lipinski definition) is 1. The Kier molecular flexibility index (Phi) is 3.68. The molecular weight excluding hydrogens is 184 g/mol. The van der Waals surface area contributed by atoms with Crippen molar-refractivity contribution in [1.82, 2.24) is 10.2 Å². The molecule has 2 fully saturated rings. The van der Waals surface area contributed by atoms with Gasteiger partial charge in [0.1, 0.15) is 0 Å². The first-order valence-electron chi connectivity index (χ1n) is 6.65. The van der Waals surface area contributed by atoms with Gasteiger partial charge in [-0.25, -0.2) is 0 Å². The Labute approximate surface area is 95.9 Å². The van der Waals surface area contributed by atoms with Crippen LogP contribution in [0.25, 0.3) is 0 Å². The van der Waals surface area contributed by atoms with E-state index in [1.807, 2.05) is 0 Å². The van der Waals surface area contributed by atoms with Crippen LogP contribution < -0.4 is 5.32 Å². The third-order valence-corrected chi connectivity index (χ3v) is 4.32. The normalized spacial score (nSPS) is 26.8. The van der Waals surface area contributed by atoms with Crippen molar-refractivity contribution in [2.45, 2.75) is 39.0 Å². The van der Waals surface area contributed by atoms with Crippen LogP contribution in [0.5, 0.6) is 0 Å². The van der Waals surface area contributed by atoms with Gasteiger partial charge in [0.2, 0.25) is 0 Å². The number of hydrogen-bond acceptors (Lipinski definition) is 2. The minimum atomic E-state index is 0. The average molecular weight is 212 g/mol. The highest BCUT2D eigenvalue weighted by molar-refractivity contribution is 4.97. The van der Waals surface area contributed by atoms with E-state index in [-0.39, 0.29) is 1.43 Å². The van der Waals surface area contributed by atoms with Crippen molar-refractivity contribution in [1.29, 1.82) is 0 Å². The van der Waals surface area contributed by atoms with Gasteiger partial charge in [-0.1, -0.05) is 6.92 Å². The fourth-order valence-corrected chi connectivity index (χ4v) is 3.48. The van der Waals surface area contributed by atoms with Crippen LogP contribution in [-0.2, 0) is 0 Å². The number of likely N-dealkylation sites (tertiary alicyclic amines) is 1. The lowest BCUT2D eigenvalue weighted by atomic mass is 9.66. The smallest absolute Gasteiger partial charge is 0.00505 e. The summed E-state index contributed by atoms with van der Waals surface area (Å²) in [6.07, 6.45) is 7.21. The quantitative estimate of drug-likeness (QED) is 0.769. The standard InChI is InChI=1S/C13H26N2.H2/c1-3-8-15-10-13(11-15)6-4-12(5-7-13)9-14-2;/h12,14H,3-11H2,1-2H3;1H. The zero-order valence-corrected chi connectivity index (χ0v) is 10.4. The number of nitrogens with zero attached hydrogens (tertiary/aromatic N) is 1. The highest BCUT2D eigenvalue weighted by Crippen LogP contribution is 2.45. The van der Waals surface area contributed by atoms with E-state index in [1.54, 1.807) is 0 Å². The summed E-state index contributed by atoms with van der Waals surface area (Å²) in [5.41, 5.74) is 0.749. The maximum atomic E-state index is 3.32. The summed E-state index contributed by atoms with van der Waals surface area (Å²) in [5.74, 6) is 0.959. The van der Waals surface area contributed by atoms with E-state index in [0.29, 0.717) is 0 Å². The molecule has 0 unspecified atom stereocenters. The first kappa shape index (κ1) is 11.4. The summed E-state index contributed by atoms with van der Waals surface area (Å²) in [5, 5.41) is 3.32. The Morgan fingerprint density at radius 3 is 2.53 bits per heavy atom. The summed E-state index contributed by atoms with van der Waals surface area (Å²) in [6.45, 7) is 7.63. The minimum absolute atomic E-state index is 0. The van der Waals surface area contributed by atoms with E-state index in [0.717, 1.165) is 11.3 Å². The molecule has 0 amide bonds. The minimum Gasteiger partial charge on any atom is -0.319 e. The van der Waals surface area contributed by atoms with Crippen molar-refractivity contribution in [2.24, 2.45) is 11.3 Å². The molecule has 0 aromatic heterocycles. The van der Waals surface area contributed by atoms with E-state index in [1.165, 1.54) is 58.3 Å². The predicted octanol–water partition coefficient (Wildman–Crippen LogP) is 2.35. The fourth-order valence-electron chi connectivity index (χ4n) is 3.48. The van der Waals surface area contributed by atoms with Crippen molar-refractivity contribution in [3.05, 3.63) is 0 Å². The molecular formula is C13H28N2. The van der Waals surface area contributed by atoms with Gasteiger partial charge in [-0.2, -0.15) is 0 Å². The third kappa shape index (κ3) is 2.54. The third-order valence-electron chi connectivity index (χ3n) is 4.32. The van der Waals surface area contributed by atoms with Crippen molar-refractivity contribution < 1.29 is 1.43 Å². The van der Waals surface area contributed by atoms with Gasteiger partial charge in [0, 0.05) is 14.5 Å². The zero-order valence-electron chi connectivity index (χ0n) is 10.4. The van der Waals surface area contributed by atoms with E-state index in [9.17, 15) is 0 Å². The molecule has 2 nitrogen and oxygen atoms in total. The highest BCUT2D eigenvalue weighted by atomic mass is 15.2. The summed E-state index contributed by atoms with van der Waals surface area (Å²) >= 11 is 0. The van der Waals surface area contributed by atoms with E-state index in [4.69, 9.17) is 0 Å². The molecule has 1 aliphatic heterocycles. The molecule has 1 aliphatic carbocycles. The second kappa shape index (κ2) is 4.84. The van der Waals surface area contributed by atoms with Crippen LogP contribution in [-0.4, -0.2) is 38.1 Å². The molecule has 1 spiro atoms. The Morgan fingerprint density at radius 2 is 2.00 bits per heavy atom. The van der Waals surface area contributed by atoms with E-state index < -0.39 is 0 Å². The maximum Gasteiger partial charge on any atom is 0.00505 e. The average Bonchev–Trinajstić information content (AvgIpc) is 2.19. The van der Waals surface area contributed by atoms with Crippen LogP contribution in [0.1, 0.15) is 40.5 Å². The Morgan fingerprint density at radius 1 is 1.33 bits per heavy atom. The molecule has 0 bridgehead atoms. The topological polar surface area (TPSA) is 15.3 Å². The molecule has 0 radical (unpaired) electrons. The van der Waals surface area contributed by atoms with Gasteiger partial charge in [-0.05, 0) is 63.6 Å². The number of rotatable bonds is 4. The van der Waals surface area contributed by atoms with Crippen molar-refractivity contribution >= 4 is 0 Å². The second-order valence-corrected chi connectivity index (χ2v) is 5.71.